The van der Waals surface area contributed by atoms with Crippen molar-refractivity contribution in [1.29, 1.82) is 0 Å². The van der Waals surface area contributed by atoms with Crippen molar-refractivity contribution >= 4 is 11.6 Å². The number of methoxy groups -OCH3 is 1. The van der Waals surface area contributed by atoms with Crippen molar-refractivity contribution in [3.63, 3.8) is 0 Å². The molecule has 0 atom stereocenters. The maximum atomic E-state index is 11.9. The molecule has 1 aromatic carbocycles. The van der Waals surface area contributed by atoms with E-state index >= 15 is 0 Å². The van der Waals surface area contributed by atoms with E-state index < -0.39 is 0 Å². The number of hydrogen-bond donors (Lipinski definition) is 0. The lowest BCUT2D eigenvalue weighted by atomic mass is 10.0. The maximum absolute atomic E-state index is 11.9. The number of rotatable bonds is 4. The van der Waals surface area contributed by atoms with Crippen LogP contribution in [-0.2, 0) is 11.5 Å². The molecule has 1 aliphatic heterocycles. The van der Waals surface area contributed by atoms with Crippen molar-refractivity contribution in [2.45, 2.75) is 19.5 Å². The minimum Gasteiger partial charge on any atom is -0.497 e. The molecule has 2 aromatic rings. The lowest BCUT2D eigenvalue weighted by Gasteiger charge is -2.23. The van der Waals surface area contributed by atoms with Gasteiger partial charge in [-0.25, -0.2) is 14.7 Å². The molecule has 7 heteroatoms. The van der Waals surface area contributed by atoms with Gasteiger partial charge < -0.3 is 4.74 Å². The molecule has 3 rings (SSSR count). The number of carbonyl (C=O) groups is 1. The summed E-state index contributed by atoms with van der Waals surface area (Å²) >= 11 is 0. The van der Waals surface area contributed by atoms with Gasteiger partial charge in [0.2, 0.25) is 5.91 Å². The Balaban J connectivity index is 1.82. The molecular weight excluding hydrogens is 270 g/mol. The quantitative estimate of drug-likeness (QED) is 0.848. The Hall–Kier alpha value is -2.70. The molecule has 1 aliphatic rings. The number of ether oxygens (including phenoxy) is 1. The molecule has 0 fully saturated rings. The van der Waals surface area contributed by atoms with Crippen LogP contribution in [0.3, 0.4) is 0 Å². The second-order valence-electron chi connectivity index (χ2n) is 4.64. The van der Waals surface area contributed by atoms with Crippen molar-refractivity contribution < 1.29 is 9.53 Å². The van der Waals surface area contributed by atoms with Crippen LogP contribution in [0.2, 0.25) is 0 Å². The first-order chi connectivity index (χ1) is 10.3. The highest BCUT2D eigenvalue weighted by molar-refractivity contribution is 6.04. The standard InChI is InChI=1S/C14H15N5O2/c1-21-12-4-2-11(3-5-12)13-6-7-14(20)19(17-13)10-18-9-15-8-16-18/h2-5,8-9H,6-7,10H2,1H3. The lowest BCUT2D eigenvalue weighted by Crippen LogP contribution is -2.33. The normalized spacial score (nSPS) is 15.0. The van der Waals surface area contributed by atoms with Gasteiger partial charge in [-0.3, -0.25) is 4.79 Å². The van der Waals surface area contributed by atoms with Gasteiger partial charge in [0.05, 0.1) is 12.8 Å². The zero-order chi connectivity index (χ0) is 14.7. The fraction of sp³-hybridized carbons (Fsp3) is 0.286. The molecule has 2 heterocycles. The van der Waals surface area contributed by atoms with Crippen LogP contribution in [0.25, 0.3) is 0 Å². The van der Waals surface area contributed by atoms with E-state index in [1.165, 1.54) is 11.3 Å². The Labute approximate surface area is 121 Å². The SMILES string of the molecule is COc1ccc(C2=NN(Cn3cncn3)C(=O)CC2)cc1. The van der Waals surface area contributed by atoms with Crippen LogP contribution >= 0.6 is 0 Å². The van der Waals surface area contributed by atoms with E-state index in [0.29, 0.717) is 12.8 Å². The molecule has 0 aliphatic carbocycles. The second-order valence-corrected chi connectivity index (χ2v) is 4.64. The zero-order valence-electron chi connectivity index (χ0n) is 11.6. The number of hydrogen-bond acceptors (Lipinski definition) is 5. The molecule has 1 aromatic heterocycles. The molecule has 0 saturated carbocycles. The van der Waals surface area contributed by atoms with E-state index in [-0.39, 0.29) is 12.6 Å². The summed E-state index contributed by atoms with van der Waals surface area (Å²) in [7, 11) is 1.63. The Morgan fingerprint density at radius 2 is 2.05 bits per heavy atom. The van der Waals surface area contributed by atoms with Gasteiger partial charge in [-0.15, -0.1) is 0 Å². The van der Waals surface area contributed by atoms with Crippen LogP contribution < -0.4 is 4.74 Å². The Morgan fingerprint density at radius 1 is 1.24 bits per heavy atom. The Bertz CT molecular complexity index is 649. The number of nitrogens with zero attached hydrogens (tertiary/aromatic N) is 5. The van der Waals surface area contributed by atoms with Crippen LogP contribution in [0.1, 0.15) is 18.4 Å². The lowest BCUT2D eigenvalue weighted by molar-refractivity contribution is -0.133. The number of amides is 1. The highest BCUT2D eigenvalue weighted by Crippen LogP contribution is 2.18. The van der Waals surface area contributed by atoms with Gasteiger partial charge in [0.25, 0.3) is 0 Å². The van der Waals surface area contributed by atoms with Gasteiger partial charge in [0.15, 0.2) is 0 Å². The predicted molar refractivity (Wildman–Crippen MR) is 75.6 cm³/mol. The van der Waals surface area contributed by atoms with Crippen LogP contribution in [0.4, 0.5) is 0 Å². The van der Waals surface area contributed by atoms with Gasteiger partial charge in [-0.05, 0) is 29.8 Å². The average molecular weight is 285 g/mol. The molecule has 0 unspecified atom stereocenters. The number of hydrazone groups is 1. The number of benzene rings is 1. The third-order valence-electron chi connectivity index (χ3n) is 3.27. The van der Waals surface area contributed by atoms with E-state index in [1.54, 1.807) is 18.1 Å². The number of aromatic nitrogens is 3. The predicted octanol–water partition coefficient (Wildman–Crippen LogP) is 1.27. The molecule has 0 saturated heterocycles. The summed E-state index contributed by atoms with van der Waals surface area (Å²) in [5.41, 5.74) is 1.88. The minimum absolute atomic E-state index is 0.0113. The summed E-state index contributed by atoms with van der Waals surface area (Å²) in [6.45, 7) is 0.276. The second kappa shape index (κ2) is 5.74. The third-order valence-corrected chi connectivity index (χ3v) is 3.27. The molecule has 0 radical (unpaired) electrons. The molecule has 0 spiro atoms. The minimum atomic E-state index is -0.0113. The summed E-state index contributed by atoms with van der Waals surface area (Å²) < 4.78 is 6.71. The molecule has 1 amide bonds. The first kappa shape index (κ1) is 13.3. The summed E-state index contributed by atoms with van der Waals surface area (Å²) in [5.74, 6) is 0.786. The van der Waals surface area contributed by atoms with Gasteiger partial charge in [-0.1, -0.05) is 0 Å². The van der Waals surface area contributed by atoms with E-state index in [0.717, 1.165) is 17.0 Å². The van der Waals surface area contributed by atoms with Gasteiger partial charge >= 0.3 is 0 Å². The Kier molecular flexibility index (Phi) is 3.63. The highest BCUT2D eigenvalue weighted by atomic mass is 16.5. The van der Waals surface area contributed by atoms with Crippen LogP contribution in [0.5, 0.6) is 5.75 Å². The topological polar surface area (TPSA) is 72.6 Å². The third kappa shape index (κ3) is 2.91. The van der Waals surface area contributed by atoms with Crippen LogP contribution in [-0.4, -0.2) is 38.5 Å². The summed E-state index contributed by atoms with van der Waals surface area (Å²) in [6, 6.07) is 7.66. The van der Waals surface area contributed by atoms with Crippen molar-refractivity contribution in [3.05, 3.63) is 42.5 Å². The fourth-order valence-electron chi connectivity index (χ4n) is 2.14. The smallest absolute Gasteiger partial charge is 0.244 e. The van der Waals surface area contributed by atoms with Gasteiger partial charge in [-0.2, -0.15) is 10.2 Å². The van der Waals surface area contributed by atoms with Crippen molar-refractivity contribution in [2.75, 3.05) is 7.11 Å². The van der Waals surface area contributed by atoms with E-state index in [4.69, 9.17) is 4.74 Å². The van der Waals surface area contributed by atoms with E-state index in [9.17, 15) is 4.79 Å². The van der Waals surface area contributed by atoms with Crippen LogP contribution in [0.15, 0.2) is 42.0 Å². The van der Waals surface area contributed by atoms with Crippen molar-refractivity contribution in [1.82, 2.24) is 19.8 Å². The zero-order valence-corrected chi connectivity index (χ0v) is 11.6. The fourth-order valence-corrected chi connectivity index (χ4v) is 2.14. The van der Waals surface area contributed by atoms with Crippen molar-refractivity contribution in [2.24, 2.45) is 5.10 Å². The largest absolute Gasteiger partial charge is 0.497 e. The molecule has 21 heavy (non-hydrogen) atoms. The highest BCUT2D eigenvalue weighted by Gasteiger charge is 2.21. The molecule has 0 bridgehead atoms. The average Bonchev–Trinajstić information content (AvgIpc) is 3.03. The monoisotopic (exact) mass is 285 g/mol. The summed E-state index contributed by atoms with van der Waals surface area (Å²) in [6.07, 6.45) is 4.07. The molecule has 0 N–H and O–H groups in total. The van der Waals surface area contributed by atoms with E-state index in [2.05, 4.69) is 15.2 Å². The first-order valence-corrected chi connectivity index (χ1v) is 6.61. The molecular formula is C14H15N5O2. The number of carbonyl (C=O) groups excluding carboxylic acids is 1. The van der Waals surface area contributed by atoms with Gasteiger partial charge in [0, 0.05) is 12.8 Å². The Morgan fingerprint density at radius 3 is 2.71 bits per heavy atom. The molecule has 108 valence electrons. The summed E-state index contributed by atoms with van der Waals surface area (Å²) in [5, 5.41) is 9.85. The van der Waals surface area contributed by atoms with Gasteiger partial charge in [0.1, 0.15) is 25.1 Å². The molecule has 7 nitrogen and oxygen atoms in total. The first-order valence-electron chi connectivity index (χ1n) is 6.61. The van der Waals surface area contributed by atoms with E-state index in [1.807, 2.05) is 24.3 Å². The van der Waals surface area contributed by atoms with Crippen LogP contribution in [0, 0.1) is 0 Å². The van der Waals surface area contributed by atoms with Crippen molar-refractivity contribution in [3.8, 4) is 5.75 Å². The maximum Gasteiger partial charge on any atom is 0.244 e. The summed E-state index contributed by atoms with van der Waals surface area (Å²) in [4.78, 5) is 15.8.